The Bertz CT molecular complexity index is 449. The average Bonchev–Trinajstić information content (AvgIpc) is 2.42. The van der Waals surface area contributed by atoms with E-state index in [0.29, 0.717) is 24.2 Å². The summed E-state index contributed by atoms with van der Waals surface area (Å²) in [4.78, 5) is 14.3. The number of hydrogen-bond acceptors (Lipinski definition) is 3. The van der Waals surface area contributed by atoms with Crippen LogP contribution in [0.1, 0.15) is 35.7 Å². The molecule has 0 radical (unpaired) electrons. The molecule has 0 spiro atoms. The molecular weight excluding hydrogens is 260 g/mol. The number of nitrogens with two attached hydrogens (primary N) is 1. The number of thiocarbonyl (C=S) groups is 1. The first-order valence-electron chi connectivity index (χ1n) is 6.40. The SMILES string of the molecule is CCCCN(CCO)C(=O)c1cccc(C(N)=S)c1. The zero-order valence-corrected chi connectivity index (χ0v) is 11.9. The molecule has 0 saturated heterocycles. The Morgan fingerprint density at radius 2 is 2.05 bits per heavy atom. The van der Waals surface area contributed by atoms with Crippen molar-refractivity contribution in [2.45, 2.75) is 19.8 Å². The van der Waals surface area contributed by atoms with Crippen LogP contribution in [0.5, 0.6) is 0 Å². The Morgan fingerprint density at radius 1 is 1.37 bits per heavy atom. The standard InChI is InChI=1S/C14H20N2O2S/c1-2-3-7-16(8-9-17)14(18)12-6-4-5-11(10-12)13(15)19/h4-6,10,17H,2-3,7-9H2,1H3,(H2,15,19). The fourth-order valence-electron chi connectivity index (χ4n) is 1.77. The minimum absolute atomic E-state index is 0.0373. The molecule has 1 aromatic carbocycles. The topological polar surface area (TPSA) is 66.6 Å². The minimum atomic E-state index is -0.0967. The first-order valence-corrected chi connectivity index (χ1v) is 6.81. The second-order valence-corrected chi connectivity index (χ2v) is 4.75. The van der Waals surface area contributed by atoms with Gasteiger partial charge in [0.1, 0.15) is 4.99 Å². The Kier molecular flexibility index (Phi) is 6.45. The summed E-state index contributed by atoms with van der Waals surface area (Å²) in [6, 6.07) is 6.97. The minimum Gasteiger partial charge on any atom is -0.395 e. The van der Waals surface area contributed by atoms with Gasteiger partial charge >= 0.3 is 0 Å². The molecule has 0 aliphatic rings. The smallest absolute Gasteiger partial charge is 0.253 e. The van der Waals surface area contributed by atoms with E-state index in [1.165, 1.54) is 0 Å². The maximum atomic E-state index is 12.3. The number of unbranched alkanes of at least 4 members (excludes halogenated alkanes) is 1. The van der Waals surface area contributed by atoms with Gasteiger partial charge in [-0.1, -0.05) is 37.7 Å². The highest BCUT2D eigenvalue weighted by atomic mass is 32.1. The molecule has 0 atom stereocenters. The predicted molar refractivity (Wildman–Crippen MR) is 80.2 cm³/mol. The third-order valence-electron chi connectivity index (χ3n) is 2.83. The van der Waals surface area contributed by atoms with Crippen LogP contribution in [0.3, 0.4) is 0 Å². The molecule has 0 fully saturated rings. The summed E-state index contributed by atoms with van der Waals surface area (Å²) < 4.78 is 0. The van der Waals surface area contributed by atoms with Crippen LogP contribution in [0.4, 0.5) is 0 Å². The maximum Gasteiger partial charge on any atom is 0.253 e. The van der Waals surface area contributed by atoms with Crippen LogP contribution < -0.4 is 5.73 Å². The molecule has 1 aromatic rings. The van der Waals surface area contributed by atoms with Gasteiger partial charge in [-0.25, -0.2) is 0 Å². The number of benzene rings is 1. The quantitative estimate of drug-likeness (QED) is 0.744. The van der Waals surface area contributed by atoms with Gasteiger partial charge in [0.25, 0.3) is 5.91 Å². The summed E-state index contributed by atoms with van der Waals surface area (Å²) in [6.45, 7) is 3.02. The van der Waals surface area contributed by atoms with Crippen molar-refractivity contribution in [3.8, 4) is 0 Å². The van der Waals surface area contributed by atoms with E-state index < -0.39 is 0 Å². The molecule has 19 heavy (non-hydrogen) atoms. The lowest BCUT2D eigenvalue weighted by Crippen LogP contribution is -2.34. The van der Waals surface area contributed by atoms with Crippen LogP contribution in [-0.2, 0) is 0 Å². The van der Waals surface area contributed by atoms with Gasteiger partial charge in [0.15, 0.2) is 0 Å². The van der Waals surface area contributed by atoms with Crippen LogP contribution in [0.2, 0.25) is 0 Å². The van der Waals surface area contributed by atoms with Crippen LogP contribution >= 0.6 is 12.2 Å². The summed E-state index contributed by atoms with van der Waals surface area (Å²) >= 11 is 4.91. The second kappa shape index (κ2) is 7.86. The Labute approximate surface area is 119 Å². The van der Waals surface area contributed by atoms with Crippen molar-refractivity contribution < 1.29 is 9.90 Å². The van der Waals surface area contributed by atoms with Crippen molar-refractivity contribution in [3.05, 3.63) is 35.4 Å². The Hall–Kier alpha value is -1.46. The van der Waals surface area contributed by atoms with Crippen molar-refractivity contribution in [1.29, 1.82) is 0 Å². The lowest BCUT2D eigenvalue weighted by atomic mass is 10.1. The molecule has 0 aliphatic heterocycles. The monoisotopic (exact) mass is 280 g/mol. The number of nitrogens with zero attached hydrogens (tertiary/aromatic N) is 1. The van der Waals surface area contributed by atoms with Gasteiger partial charge in [-0.15, -0.1) is 0 Å². The number of aliphatic hydroxyl groups excluding tert-OH is 1. The third kappa shape index (κ3) is 4.61. The van der Waals surface area contributed by atoms with Gasteiger partial charge in [-0.3, -0.25) is 4.79 Å². The highest BCUT2D eigenvalue weighted by molar-refractivity contribution is 7.80. The molecule has 1 rings (SSSR count). The molecule has 4 nitrogen and oxygen atoms in total. The highest BCUT2D eigenvalue weighted by Crippen LogP contribution is 2.09. The maximum absolute atomic E-state index is 12.3. The number of aliphatic hydroxyl groups is 1. The van der Waals surface area contributed by atoms with Crippen molar-refractivity contribution in [1.82, 2.24) is 4.90 Å². The van der Waals surface area contributed by atoms with Crippen LogP contribution in [0.15, 0.2) is 24.3 Å². The summed E-state index contributed by atoms with van der Waals surface area (Å²) in [5.74, 6) is -0.0967. The normalized spacial score (nSPS) is 10.2. The molecule has 0 heterocycles. The van der Waals surface area contributed by atoms with E-state index in [2.05, 4.69) is 6.92 Å². The fourth-order valence-corrected chi connectivity index (χ4v) is 1.90. The molecule has 1 amide bonds. The molecule has 0 saturated carbocycles. The Morgan fingerprint density at radius 3 is 2.63 bits per heavy atom. The van der Waals surface area contributed by atoms with Gasteiger partial charge in [-0.2, -0.15) is 0 Å². The lowest BCUT2D eigenvalue weighted by molar-refractivity contribution is 0.0719. The molecule has 0 aromatic heterocycles. The van der Waals surface area contributed by atoms with Gasteiger partial charge in [0.2, 0.25) is 0 Å². The number of carbonyl (C=O) groups excluding carboxylic acids is 1. The average molecular weight is 280 g/mol. The van der Waals surface area contributed by atoms with Crippen LogP contribution in [0, 0.1) is 0 Å². The molecule has 104 valence electrons. The van der Waals surface area contributed by atoms with Crippen molar-refractivity contribution in [3.63, 3.8) is 0 Å². The van der Waals surface area contributed by atoms with E-state index in [-0.39, 0.29) is 17.5 Å². The van der Waals surface area contributed by atoms with E-state index in [1.54, 1.807) is 29.2 Å². The zero-order chi connectivity index (χ0) is 14.3. The summed E-state index contributed by atoms with van der Waals surface area (Å²) in [5, 5.41) is 9.04. The predicted octanol–water partition coefficient (Wildman–Crippen LogP) is 1.56. The number of rotatable bonds is 7. The van der Waals surface area contributed by atoms with E-state index in [1.807, 2.05) is 0 Å². The van der Waals surface area contributed by atoms with Crippen LogP contribution in [-0.4, -0.2) is 40.6 Å². The van der Waals surface area contributed by atoms with Gasteiger partial charge in [-0.05, 0) is 18.6 Å². The molecule has 3 N–H and O–H groups in total. The number of hydrogen-bond donors (Lipinski definition) is 2. The summed E-state index contributed by atoms with van der Waals surface area (Å²) in [6.07, 6.45) is 1.92. The first-order chi connectivity index (χ1) is 9.10. The molecule has 0 unspecified atom stereocenters. The zero-order valence-electron chi connectivity index (χ0n) is 11.1. The van der Waals surface area contributed by atoms with Gasteiger partial charge in [0.05, 0.1) is 6.61 Å². The summed E-state index contributed by atoms with van der Waals surface area (Å²) in [5.41, 5.74) is 6.80. The summed E-state index contributed by atoms with van der Waals surface area (Å²) in [7, 11) is 0. The number of carbonyl (C=O) groups is 1. The van der Waals surface area contributed by atoms with Crippen molar-refractivity contribution in [2.75, 3.05) is 19.7 Å². The van der Waals surface area contributed by atoms with E-state index in [0.717, 1.165) is 12.8 Å². The van der Waals surface area contributed by atoms with Crippen LogP contribution in [0.25, 0.3) is 0 Å². The first kappa shape index (κ1) is 15.6. The molecule has 5 heteroatoms. The Balaban J connectivity index is 2.88. The molecule has 0 bridgehead atoms. The van der Waals surface area contributed by atoms with E-state index in [4.69, 9.17) is 23.1 Å². The van der Waals surface area contributed by atoms with Gasteiger partial charge in [0, 0.05) is 24.2 Å². The van der Waals surface area contributed by atoms with Gasteiger partial charge < -0.3 is 15.7 Å². The largest absolute Gasteiger partial charge is 0.395 e. The third-order valence-corrected chi connectivity index (χ3v) is 3.07. The fraction of sp³-hybridized carbons (Fsp3) is 0.429. The van der Waals surface area contributed by atoms with Crippen molar-refractivity contribution >= 4 is 23.1 Å². The van der Waals surface area contributed by atoms with E-state index >= 15 is 0 Å². The van der Waals surface area contributed by atoms with Crippen molar-refractivity contribution in [2.24, 2.45) is 5.73 Å². The number of amides is 1. The lowest BCUT2D eigenvalue weighted by Gasteiger charge is -2.21. The highest BCUT2D eigenvalue weighted by Gasteiger charge is 2.15. The van der Waals surface area contributed by atoms with E-state index in [9.17, 15) is 4.79 Å². The molecule has 0 aliphatic carbocycles. The second-order valence-electron chi connectivity index (χ2n) is 4.31. The molecular formula is C14H20N2O2S.